The summed E-state index contributed by atoms with van der Waals surface area (Å²) in [4.78, 5) is 13.7. The topological polar surface area (TPSA) is 59.8 Å². The summed E-state index contributed by atoms with van der Waals surface area (Å²) < 4.78 is 1.99. The van der Waals surface area contributed by atoms with Crippen molar-refractivity contribution in [2.24, 2.45) is 13.0 Å². The zero-order chi connectivity index (χ0) is 19.7. The monoisotopic (exact) mass is 432 g/mol. The van der Waals surface area contributed by atoms with Gasteiger partial charge in [0.2, 0.25) is 5.91 Å². The van der Waals surface area contributed by atoms with Crippen molar-refractivity contribution in [2.75, 3.05) is 11.1 Å². The Balaban J connectivity index is 1.43. The van der Waals surface area contributed by atoms with Gasteiger partial charge in [-0.1, -0.05) is 30.3 Å². The summed E-state index contributed by atoms with van der Waals surface area (Å²) in [6, 6.07) is 7.07. The van der Waals surface area contributed by atoms with E-state index in [1.165, 1.54) is 34.2 Å². The molecule has 146 valence electrons. The molecule has 1 amide bonds. The zero-order valence-electron chi connectivity index (χ0n) is 15.7. The highest BCUT2D eigenvalue weighted by Crippen LogP contribution is 2.38. The van der Waals surface area contributed by atoms with Crippen LogP contribution in [0.5, 0.6) is 0 Å². The highest BCUT2D eigenvalue weighted by molar-refractivity contribution is 7.99. The molecule has 1 aliphatic rings. The Kier molecular flexibility index (Phi) is 5.75. The number of benzene rings is 1. The largest absolute Gasteiger partial charge is 0.325 e. The van der Waals surface area contributed by atoms with E-state index in [4.69, 9.17) is 11.6 Å². The van der Waals surface area contributed by atoms with Gasteiger partial charge in [-0.15, -0.1) is 21.5 Å². The molecule has 1 unspecified atom stereocenters. The maximum Gasteiger partial charge on any atom is 0.234 e. The Morgan fingerprint density at radius 3 is 2.93 bits per heavy atom. The zero-order valence-corrected chi connectivity index (χ0v) is 18.1. The maximum atomic E-state index is 12.2. The number of carbonyl (C=O) groups excluding carboxylic acids is 1. The maximum absolute atomic E-state index is 12.2. The molecular weight excluding hydrogens is 412 g/mol. The van der Waals surface area contributed by atoms with Crippen molar-refractivity contribution in [3.8, 4) is 11.4 Å². The van der Waals surface area contributed by atoms with Crippen molar-refractivity contribution in [3.63, 3.8) is 0 Å². The average molecular weight is 433 g/mol. The molecule has 0 saturated carbocycles. The van der Waals surface area contributed by atoms with Crippen LogP contribution in [0.2, 0.25) is 5.02 Å². The summed E-state index contributed by atoms with van der Waals surface area (Å²) in [5.74, 6) is 1.82. The number of carbonyl (C=O) groups is 1. The number of halogens is 1. The summed E-state index contributed by atoms with van der Waals surface area (Å²) >= 11 is 9.08. The lowest BCUT2D eigenvalue weighted by Crippen LogP contribution is -2.14. The van der Waals surface area contributed by atoms with E-state index in [1.54, 1.807) is 24.3 Å². The van der Waals surface area contributed by atoms with Crippen LogP contribution in [0.3, 0.4) is 0 Å². The number of amides is 1. The number of thiophene rings is 1. The molecule has 0 bridgehead atoms. The Bertz CT molecular complexity index is 996. The normalized spacial score (nSPS) is 16.0. The van der Waals surface area contributed by atoms with Gasteiger partial charge in [0.05, 0.1) is 5.75 Å². The molecule has 0 radical (unpaired) electrons. The number of nitrogens with one attached hydrogen (secondary N) is 1. The Morgan fingerprint density at radius 1 is 1.36 bits per heavy atom. The van der Waals surface area contributed by atoms with E-state index in [9.17, 15) is 4.79 Å². The lowest BCUT2D eigenvalue weighted by Gasteiger charge is -2.18. The predicted molar refractivity (Wildman–Crippen MR) is 116 cm³/mol. The van der Waals surface area contributed by atoms with E-state index in [0.29, 0.717) is 5.02 Å². The van der Waals surface area contributed by atoms with E-state index >= 15 is 0 Å². The first-order chi connectivity index (χ1) is 13.5. The number of hydrogen-bond acceptors (Lipinski definition) is 5. The van der Waals surface area contributed by atoms with Crippen molar-refractivity contribution in [2.45, 2.75) is 31.3 Å². The summed E-state index contributed by atoms with van der Waals surface area (Å²) in [6.45, 7) is 2.31. The molecule has 5 nitrogen and oxygen atoms in total. The molecule has 28 heavy (non-hydrogen) atoms. The number of anilines is 1. The molecule has 2 heterocycles. The quantitative estimate of drug-likeness (QED) is 0.573. The van der Waals surface area contributed by atoms with E-state index in [2.05, 4.69) is 27.8 Å². The molecule has 0 spiro atoms. The first kappa shape index (κ1) is 19.5. The minimum atomic E-state index is -0.0845. The molecule has 1 N–H and O–H groups in total. The van der Waals surface area contributed by atoms with Crippen LogP contribution in [0.4, 0.5) is 5.69 Å². The SMILES string of the molecule is CC1CCc2c(-c3nnc(SCC(=O)Nc4ccc(Cl)cc4)n3C)csc2C1. The number of rotatable bonds is 5. The minimum absolute atomic E-state index is 0.0845. The van der Waals surface area contributed by atoms with Gasteiger partial charge in [-0.3, -0.25) is 4.79 Å². The fraction of sp³-hybridized carbons (Fsp3) is 0.350. The molecule has 0 saturated heterocycles. The average Bonchev–Trinajstić information content (AvgIpc) is 3.24. The number of fused-ring (bicyclic) bond motifs is 1. The molecule has 2 aromatic heterocycles. The van der Waals surface area contributed by atoms with Crippen LogP contribution < -0.4 is 5.32 Å². The smallest absolute Gasteiger partial charge is 0.234 e. The first-order valence-corrected chi connectivity index (χ1v) is 11.4. The van der Waals surface area contributed by atoms with Crippen molar-refractivity contribution < 1.29 is 4.79 Å². The fourth-order valence-corrected chi connectivity index (χ4v) is 5.48. The van der Waals surface area contributed by atoms with E-state index in [0.717, 1.165) is 35.4 Å². The van der Waals surface area contributed by atoms with Gasteiger partial charge in [-0.25, -0.2) is 0 Å². The third-order valence-electron chi connectivity index (χ3n) is 4.94. The van der Waals surface area contributed by atoms with Crippen molar-refractivity contribution in [1.29, 1.82) is 0 Å². The van der Waals surface area contributed by atoms with Crippen LogP contribution in [0.15, 0.2) is 34.8 Å². The number of thioether (sulfide) groups is 1. The molecule has 1 aromatic carbocycles. The summed E-state index contributed by atoms with van der Waals surface area (Å²) in [7, 11) is 1.96. The third kappa shape index (κ3) is 4.11. The summed E-state index contributed by atoms with van der Waals surface area (Å²) in [5, 5.41) is 15.2. The molecule has 3 aromatic rings. The van der Waals surface area contributed by atoms with E-state index in [-0.39, 0.29) is 11.7 Å². The number of nitrogens with zero attached hydrogens (tertiary/aromatic N) is 3. The van der Waals surface area contributed by atoms with E-state index < -0.39 is 0 Å². The number of aromatic nitrogens is 3. The van der Waals surface area contributed by atoms with Crippen molar-refractivity contribution >= 4 is 46.3 Å². The predicted octanol–water partition coefficient (Wildman–Crippen LogP) is 5.05. The molecular formula is C20H21ClN4OS2. The number of hydrogen-bond donors (Lipinski definition) is 1. The second kappa shape index (κ2) is 8.27. The van der Waals surface area contributed by atoms with Gasteiger partial charge in [0.1, 0.15) is 0 Å². The fourth-order valence-electron chi connectivity index (χ4n) is 3.40. The van der Waals surface area contributed by atoms with Gasteiger partial charge in [-0.05, 0) is 55.0 Å². The molecule has 0 fully saturated rings. The Morgan fingerprint density at radius 2 is 2.14 bits per heavy atom. The lowest BCUT2D eigenvalue weighted by atomic mass is 9.88. The van der Waals surface area contributed by atoms with Gasteiger partial charge in [0, 0.05) is 33.6 Å². The van der Waals surface area contributed by atoms with Gasteiger partial charge < -0.3 is 9.88 Å². The highest BCUT2D eigenvalue weighted by Gasteiger charge is 2.23. The van der Waals surface area contributed by atoms with Crippen molar-refractivity contribution in [3.05, 3.63) is 45.1 Å². The van der Waals surface area contributed by atoms with Crippen molar-refractivity contribution in [1.82, 2.24) is 14.8 Å². The molecule has 1 aliphatic carbocycles. The molecule has 4 rings (SSSR count). The highest BCUT2D eigenvalue weighted by atomic mass is 35.5. The molecule has 8 heteroatoms. The summed E-state index contributed by atoms with van der Waals surface area (Å²) in [6.07, 6.45) is 3.49. The Labute approximate surface area is 177 Å². The van der Waals surface area contributed by atoms with Crippen LogP contribution in [0, 0.1) is 5.92 Å². The van der Waals surface area contributed by atoms with Crippen LogP contribution in [0.1, 0.15) is 23.8 Å². The minimum Gasteiger partial charge on any atom is -0.325 e. The second-order valence-electron chi connectivity index (χ2n) is 7.11. The molecule has 0 aliphatic heterocycles. The lowest BCUT2D eigenvalue weighted by molar-refractivity contribution is -0.113. The van der Waals surface area contributed by atoms with Crippen LogP contribution in [-0.4, -0.2) is 26.4 Å². The van der Waals surface area contributed by atoms with Crippen LogP contribution >= 0.6 is 34.7 Å². The van der Waals surface area contributed by atoms with Gasteiger partial charge >= 0.3 is 0 Å². The van der Waals surface area contributed by atoms with Gasteiger partial charge in [-0.2, -0.15) is 0 Å². The van der Waals surface area contributed by atoms with Gasteiger partial charge in [0.15, 0.2) is 11.0 Å². The van der Waals surface area contributed by atoms with Crippen LogP contribution in [0.25, 0.3) is 11.4 Å². The van der Waals surface area contributed by atoms with Crippen LogP contribution in [-0.2, 0) is 24.7 Å². The van der Waals surface area contributed by atoms with Gasteiger partial charge in [0.25, 0.3) is 0 Å². The standard InChI is InChI=1S/C20H21ClN4OS2/c1-12-3-8-15-16(10-27-17(15)9-12)19-23-24-20(25(19)2)28-11-18(26)22-14-6-4-13(21)5-7-14/h4-7,10,12H,3,8-9,11H2,1-2H3,(H,22,26). The van der Waals surface area contributed by atoms with E-state index in [1.807, 2.05) is 23.0 Å². The second-order valence-corrected chi connectivity index (χ2v) is 9.45. The molecule has 1 atom stereocenters. The summed E-state index contributed by atoms with van der Waals surface area (Å²) in [5.41, 5.74) is 3.35. The third-order valence-corrected chi connectivity index (χ3v) is 7.26. The first-order valence-electron chi connectivity index (χ1n) is 9.18. The Hall–Kier alpha value is -1.83.